The smallest absolute Gasteiger partial charge is 0.223 e. The molecule has 0 aliphatic rings. The van der Waals surface area contributed by atoms with Crippen LogP contribution in [-0.4, -0.2) is 22.9 Å². The molecule has 1 atom stereocenters. The molecule has 1 heterocycles. The third kappa shape index (κ3) is 6.41. The number of carbonyl (C=O) groups excluding carboxylic acids is 1. The maximum atomic E-state index is 12.2. The standard InChI is InChI=1S/C14H24N2OS.ClH/c1-10(2)16(14(17)8-5-11(3)15)9-13-7-6-12(4)18-13;/h6-7,10-11H,5,8-9,15H2,1-4H3;1H. The maximum absolute atomic E-state index is 12.2. The van der Waals surface area contributed by atoms with Gasteiger partial charge in [0.2, 0.25) is 5.91 Å². The third-order valence-corrected chi connectivity index (χ3v) is 3.86. The highest BCUT2D eigenvalue weighted by Crippen LogP contribution is 2.19. The lowest BCUT2D eigenvalue weighted by atomic mass is 10.1. The van der Waals surface area contributed by atoms with Crippen molar-refractivity contribution < 1.29 is 4.79 Å². The summed E-state index contributed by atoms with van der Waals surface area (Å²) in [4.78, 5) is 16.6. The first-order chi connectivity index (χ1) is 8.40. The summed E-state index contributed by atoms with van der Waals surface area (Å²) in [5, 5.41) is 0. The van der Waals surface area contributed by atoms with Gasteiger partial charge in [-0.15, -0.1) is 23.7 Å². The molecule has 1 rings (SSSR count). The third-order valence-electron chi connectivity index (χ3n) is 2.88. The SMILES string of the molecule is Cc1ccc(CN(C(=O)CCC(C)N)C(C)C)s1.Cl. The molecular formula is C14H25ClN2OS. The first-order valence-electron chi connectivity index (χ1n) is 6.50. The molecule has 3 nitrogen and oxygen atoms in total. The summed E-state index contributed by atoms with van der Waals surface area (Å²) in [6, 6.07) is 4.53. The minimum atomic E-state index is 0. The van der Waals surface area contributed by atoms with E-state index in [0.717, 1.165) is 6.42 Å². The molecule has 0 aliphatic carbocycles. The molecule has 19 heavy (non-hydrogen) atoms. The largest absolute Gasteiger partial charge is 0.335 e. The van der Waals surface area contributed by atoms with Gasteiger partial charge in [-0.1, -0.05) is 0 Å². The fourth-order valence-corrected chi connectivity index (χ4v) is 2.68. The molecule has 0 radical (unpaired) electrons. The molecule has 2 N–H and O–H groups in total. The van der Waals surface area contributed by atoms with E-state index < -0.39 is 0 Å². The zero-order valence-corrected chi connectivity index (χ0v) is 13.8. The van der Waals surface area contributed by atoms with Gasteiger partial charge in [-0.2, -0.15) is 0 Å². The Labute approximate surface area is 126 Å². The number of hydrogen-bond acceptors (Lipinski definition) is 3. The molecule has 0 saturated carbocycles. The number of nitrogens with two attached hydrogens (primary N) is 1. The number of aryl methyl sites for hydroxylation is 1. The lowest BCUT2D eigenvalue weighted by molar-refractivity contribution is -0.133. The summed E-state index contributed by atoms with van der Waals surface area (Å²) in [6.07, 6.45) is 1.30. The average Bonchev–Trinajstić information content (AvgIpc) is 2.68. The fourth-order valence-electron chi connectivity index (χ4n) is 1.79. The number of hydrogen-bond donors (Lipinski definition) is 1. The van der Waals surface area contributed by atoms with Gasteiger partial charge in [0.1, 0.15) is 0 Å². The highest BCUT2D eigenvalue weighted by atomic mass is 35.5. The maximum Gasteiger partial charge on any atom is 0.223 e. The van der Waals surface area contributed by atoms with Crippen LogP contribution in [0.3, 0.4) is 0 Å². The summed E-state index contributed by atoms with van der Waals surface area (Å²) in [7, 11) is 0. The topological polar surface area (TPSA) is 46.3 Å². The van der Waals surface area contributed by atoms with Crippen LogP contribution in [0.2, 0.25) is 0 Å². The van der Waals surface area contributed by atoms with Gasteiger partial charge in [-0.3, -0.25) is 4.79 Å². The van der Waals surface area contributed by atoms with Crippen LogP contribution in [0, 0.1) is 6.92 Å². The predicted molar refractivity (Wildman–Crippen MR) is 84.9 cm³/mol. The van der Waals surface area contributed by atoms with Crippen LogP contribution < -0.4 is 5.73 Å². The van der Waals surface area contributed by atoms with Crippen molar-refractivity contribution in [2.75, 3.05) is 0 Å². The fraction of sp³-hybridized carbons (Fsp3) is 0.643. The van der Waals surface area contributed by atoms with Crippen molar-refractivity contribution in [1.82, 2.24) is 4.90 Å². The Morgan fingerprint density at radius 1 is 1.37 bits per heavy atom. The Hall–Kier alpha value is -0.580. The van der Waals surface area contributed by atoms with E-state index in [-0.39, 0.29) is 30.4 Å². The van der Waals surface area contributed by atoms with Crippen molar-refractivity contribution in [2.24, 2.45) is 5.73 Å². The van der Waals surface area contributed by atoms with Crippen LogP contribution in [0.4, 0.5) is 0 Å². The molecule has 1 aromatic heterocycles. The van der Waals surface area contributed by atoms with Crippen LogP contribution in [0.5, 0.6) is 0 Å². The van der Waals surface area contributed by atoms with Crippen LogP contribution in [0.25, 0.3) is 0 Å². The molecule has 110 valence electrons. The Bertz CT molecular complexity index is 391. The number of nitrogens with zero attached hydrogens (tertiary/aromatic N) is 1. The highest BCUT2D eigenvalue weighted by molar-refractivity contribution is 7.11. The first-order valence-corrected chi connectivity index (χ1v) is 7.32. The van der Waals surface area contributed by atoms with Crippen LogP contribution >= 0.6 is 23.7 Å². The molecule has 0 aliphatic heterocycles. The van der Waals surface area contributed by atoms with E-state index in [2.05, 4.69) is 32.9 Å². The Kier molecular flexibility index (Phi) is 8.30. The lowest BCUT2D eigenvalue weighted by Gasteiger charge is -2.26. The van der Waals surface area contributed by atoms with Gasteiger partial charge >= 0.3 is 0 Å². The van der Waals surface area contributed by atoms with Crippen LogP contribution in [-0.2, 0) is 11.3 Å². The van der Waals surface area contributed by atoms with E-state index in [0.29, 0.717) is 13.0 Å². The minimum absolute atomic E-state index is 0. The molecule has 1 unspecified atom stereocenters. The molecule has 5 heteroatoms. The van der Waals surface area contributed by atoms with Crippen molar-refractivity contribution >= 4 is 29.7 Å². The van der Waals surface area contributed by atoms with Crippen molar-refractivity contribution in [1.29, 1.82) is 0 Å². The van der Waals surface area contributed by atoms with Gasteiger partial charge in [0.25, 0.3) is 0 Å². The number of carbonyl (C=O) groups is 1. The van der Waals surface area contributed by atoms with Gasteiger partial charge in [0.05, 0.1) is 6.54 Å². The zero-order valence-electron chi connectivity index (χ0n) is 12.2. The summed E-state index contributed by atoms with van der Waals surface area (Å²) in [5.41, 5.74) is 5.70. The van der Waals surface area contributed by atoms with Gasteiger partial charge < -0.3 is 10.6 Å². The lowest BCUT2D eigenvalue weighted by Crippen LogP contribution is -2.36. The molecule has 0 bridgehead atoms. The average molecular weight is 305 g/mol. The van der Waals surface area contributed by atoms with E-state index >= 15 is 0 Å². The highest BCUT2D eigenvalue weighted by Gasteiger charge is 2.18. The molecule has 0 saturated heterocycles. The Morgan fingerprint density at radius 3 is 2.42 bits per heavy atom. The monoisotopic (exact) mass is 304 g/mol. The number of amides is 1. The molecule has 0 fully saturated rings. The number of rotatable bonds is 6. The van der Waals surface area contributed by atoms with Gasteiger partial charge in [-0.25, -0.2) is 0 Å². The summed E-state index contributed by atoms with van der Waals surface area (Å²) < 4.78 is 0. The normalized spacial score (nSPS) is 12.1. The van der Waals surface area contributed by atoms with Crippen molar-refractivity contribution in [3.63, 3.8) is 0 Å². The van der Waals surface area contributed by atoms with Crippen LogP contribution in [0.15, 0.2) is 12.1 Å². The molecular weight excluding hydrogens is 280 g/mol. The zero-order chi connectivity index (χ0) is 13.7. The summed E-state index contributed by atoms with van der Waals surface area (Å²) in [5.74, 6) is 0.202. The number of halogens is 1. The van der Waals surface area contributed by atoms with Crippen molar-refractivity contribution in [2.45, 2.75) is 59.2 Å². The van der Waals surface area contributed by atoms with Crippen molar-refractivity contribution in [3.8, 4) is 0 Å². The van der Waals surface area contributed by atoms with E-state index in [9.17, 15) is 4.79 Å². The van der Waals surface area contributed by atoms with Crippen LogP contribution in [0.1, 0.15) is 43.4 Å². The van der Waals surface area contributed by atoms with Gasteiger partial charge in [0, 0.05) is 28.3 Å². The van der Waals surface area contributed by atoms with Crippen molar-refractivity contribution in [3.05, 3.63) is 21.9 Å². The molecule has 0 aromatic carbocycles. The minimum Gasteiger partial charge on any atom is -0.335 e. The van der Waals surface area contributed by atoms with E-state index in [1.807, 2.05) is 11.8 Å². The number of thiophene rings is 1. The second-order valence-electron chi connectivity index (χ2n) is 5.14. The Balaban J connectivity index is 0.00000324. The Morgan fingerprint density at radius 2 is 2.00 bits per heavy atom. The predicted octanol–water partition coefficient (Wildman–Crippen LogP) is 3.34. The van der Waals surface area contributed by atoms with Gasteiger partial charge in [0.15, 0.2) is 0 Å². The van der Waals surface area contributed by atoms with E-state index in [1.165, 1.54) is 9.75 Å². The second-order valence-corrected chi connectivity index (χ2v) is 6.52. The van der Waals surface area contributed by atoms with E-state index in [4.69, 9.17) is 5.73 Å². The summed E-state index contributed by atoms with van der Waals surface area (Å²) >= 11 is 1.76. The second kappa shape index (κ2) is 8.56. The summed E-state index contributed by atoms with van der Waals surface area (Å²) in [6.45, 7) is 8.86. The molecule has 0 spiro atoms. The first kappa shape index (κ1) is 18.4. The quantitative estimate of drug-likeness (QED) is 0.876. The molecule has 1 amide bonds. The van der Waals surface area contributed by atoms with E-state index in [1.54, 1.807) is 11.3 Å². The molecule has 1 aromatic rings. The van der Waals surface area contributed by atoms with Gasteiger partial charge in [-0.05, 0) is 46.2 Å².